The maximum atomic E-state index is 13.4. The van der Waals surface area contributed by atoms with Gasteiger partial charge in [-0.2, -0.15) is 0 Å². The monoisotopic (exact) mass is 273 g/mol. The molecule has 0 aromatic heterocycles. The molecule has 0 heterocycles. The second kappa shape index (κ2) is 5.26. The van der Waals surface area contributed by atoms with Gasteiger partial charge in [0.15, 0.2) is 0 Å². The second-order valence-corrected chi connectivity index (χ2v) is 5.04. The number of rotatable bonds is 3. The molecular weight excluding hydrogens is 261 g/mol. The molecule has 0 bridgehead atoms. The third kappa shape index (κ3) is 3.63. The maximum absolute atomic E-state index is 13.4. The maximum Gasteiger partial charge on any atom is 0.254 e. The third-order valence-electron chi connectivity index (χ3n) is 1.91. The van der Waals surface area contributed by atoms with Crippen molar-refractivity contribution in [1.29, 1.82) is 0 Å². The zero-order chi connectivity index (χ0) is 11.4. The zero-order valence-corrected chi connectivity index (χ0v) is 10.3. The number of hydrogen-bond acceptors (Lipinski definition) is 1. The van der Waals surface area contributed by atoms with Gasteiger partial charge >= 0.3 is 0 Å². The Morgan fingerprint density at radius 1 is 1.60 bits per heavy atom. The number of amides is 1. The Labute approximate surface area is 97.0 Å². The second-order valence-electron chi connectivity index (χ2n) is 3.47. The quantitative estimate of drug-likeness (QED) is 0.843. The van der Waals surface area contributed by atoms with E-state index < -0.39 is 5.82 Å². The Morgan fingerprint density at radius 2 is 2.27 bits per heavy atom. The first-order valence-corrected chi connectivity index (χ1v) is 5.60. The van der Waals surface area contributed by atoms with Crippen LogP contribution in [0.4, 0.5) is 4.39 Å². The Bertz CT molecular complexity index is 366. The topological polar surface area (TPSA) is 29.1 Å². The van der Waals surface area contributed by atoms with Crippen molar-refractivity contribution >= 4 is 21.8 Å². The van der Waals surface area contributed by atoms with E-state index in [-0.39, 0.29) is 16.3 Å². The minimum atomic E-state index is -0.477. The molecule has 1 atom stereocenters. The molecule has 1 amide bonds. The van der Waals surface area contributed by atoms with E-state index in [1.807, 2.05) is 6.92 Å². The number of hydrogen-bond donors (Lipinski definition) is 1. The molecule has 0 saturated heterocycles. The molecule has 0 aliphatic heterocycles. The van der Waals surface area contributed by atoms with Crippen molar-refractivity contribution in [3.8, 4) is 0 Å². The summed E-state index contributed by atoms with van der Waals surface area (Å²) in [5, 5.41) is 2.63. The van der Waals surface area contributed by atoms with Crippen molar-refractivity contribution in [2.45, 2.75) is 18.7 Å². The van der Waals surface area contributed by atoms with E-state index in [0.717, 1.165) is 5.56 Å². The van der Waals surface area contributed by atoms with Crippen molar-refractivity contribution < 1.29 is 9.18 Å². The van der Waals surface area contributed by atoms with Crippen LogP contribution in [0.25, 0.3) is 0 Å². The molecule has 15 heavy (non-hydrogen) atoms. The molecule has 1 rings (SSSR count). The molecule has 4 heteroatoms. The number of halogens is 2. The molecule has 0 spiro atoms. The van der Waals surface area contributed by atoms with Gasteiger partial charge in [0.2, 0.25) is 0 Å². The largest absolute Gasteiger partial charge is 0.351 e. The highest BCUT2D eigenvalue weighted by atomic mass is 79.9. The van der Waals surface area contributed by atoms with Crippen LogP contribution in [-0.4, -0.2) is 17.3 Å². The van der Waals surface area contributed by atoms with Crippen molar-refractivity contribution in [3.05, 3.63) is 35.1 Å². The molecule has 1 aromatic rings. The summed E-state index contributed by atoms with van der Waals surface area (Å²) in [6, 6.07) is 4.57. The van der Waals surface area contributed by atoms with Gasteiger partial charge in [0, 0.05) is 11.4 Å². The summed E-state index contributed by atoms with van der Waals surface area (Å²) in [6.45, 7) is 4.17. The van der Waals surface area contributed by atoms with Crippen LogP contribution in [0.3, 0.4) is 0 Å². The SMILES string of the molecule is Cc1ccc(C(=O)NCC(C)Br)c(F)c1. The fourth-order valence-corrected chi connectivity index (χ4v) is 1.29. The lowest BCUT2D eigenvalue weighted by molar-refractivity contribution is 0.0950. The van der Waals surface area contributed by atoms with E-state index in [4.69, 9.17) is 0 Å². The predicted octanol–water partition coefficient (Wildman–Crippen LogP) is 2.65. The molecule has 0 aliphatic rings. The fraction of sp³-hybridized carbons (Fsp3) is 0.364. The van der Waals surface area contributed by atoms with E-state index in [1.54, 1.807) is 13.0 Å². The van der Waals surface area contributed by atoms with E-state index in [9.17, 15) is 9.18 Å². The Hall–Kier alpha value is -0.900. The Balaban J connectivity index is 2.74. The summed E-state index contributed by atoms with van der Waals surface area (Å²) in [5.74, 6) is -0.853. The van der Waals surface area contributed by atoms with E-state index in [1.165, 1.54) is 12.1 Å². The van der Waals surface area contributed by atoms with Gasteiger partial charge < -0.3 is 5.32 Å². The van der Waals surface area contributed by atoms with Gasteiger partial charge in [0.25, 0.3) is 5.91 Å². The number of carbonyl (C=O) groups is 1. The lowest BCUT2D eigenvalue weighted by Gasteiger charge is -2.07. The molecule has 0 aliphatic carbocycles. The number of alkyl halides is 1. The van der Waals surface area contributed by atoms with E-state index >= 15 is 0 Å². The molecule has 2 nitrogen and oxygen atoms in total. The molecular formula is C11H13BrFNO. The van der Waals surface area contributed by atoms with Crippen LogP contribution >= 0.6 is 15.9 Å². The fourth-order valence-electron chi connectivity index (χ4n) is 1.13. The average molecular weight is 274 g/mol. The predicted molar refractivity (Wildman–Crippen MR) is 61.9 cm³/mol. The van der Waals surface area contributed by atoms with Crippen LogP contribution in [0.2, 0.25) is 0 Å². The molecule has 1 N–H and O–H groups in total. The smallest absolute Gasteiger partial charge is 0.254 e. The van der Waals surface area contributed by atoms with Crippen LogP contribution in [0.1, 0.15) is 22.8 Å². The van der Waals surface area contributed by atoms with Crippen LogP contribution < -0.4 is 5.32 Å². The highest BCUT2D eigenvalue weighted by Crippen LogP contribution is 2.09. The molecule has 0 fully saturated rings. The van der Waals surface area contributed by atoms with Crippen LogP contribution in [-0.2, 0) is 0 Å². The number of carbonyl (C=O) groups excluding carboxylic acids is 1. The van der Waals surface area contributed by atoms with Crippen LogP contribution in [0.15, 0.2) is 18.2 Å². The molecule has 1 unspecified atom stereocenters. The van der Waals surface area contributed by atoms with Crippen molar-refractivity contribution in [2.75, 3.05) is 6.54 Å². The van der Waals surface area contributed by atoms with Gasteiger partial charge in [0.05, 0.1) is 5.56 Å². The average Bonchev–Trinajstić information content (AvgIpc) is 2.14. The van der Waals surface area contributed by atoms with Gasteiger partial charge in [-0.05, 0) is 24.6 Å². The first kappa shape index (κ1) is 12.2. The highest BCUT2D eigenvalue weighted by Gasteiger charge is 2.11. The standard InChI is InChI=1S/C11H13BrFNO/c1-7-3-4-9(10(13)5-7)11(15)14-6-8(2)12/h3-5,8H,6H2,1-2H3,(H,14,15). The van der Waals surface area contributed by atoms with Gasteiger partial charge in [-0.15, -0.1) is 0 Å². The minimum Gasteiger partial charge on any atom is -0.351 e. The molecule has 1 aromatic carbocycles. The zero-order valence-electron chi connectivity index (χ0n) is 8.68. The molecule has 0 saturated carbocycles. The number of aryl methyl sites for hydroxylation is 1. The van der Waals surface area contributed by atoms with Crippen LogP contribution in [0, 0.1) is 12.7 Å². The normalized spacial score (nSPS) is 12.3. The van der Waals surface area contributed by atoms with E-state index in [2.05, 4.69) is 21.2 Å². The first-order valence-electron chi connectivity index (χ1n) is 4.69. The van der Waals surface area contributed by atoms with Gasteiger partial charge in [-0.25, -0.2) is 4.39 Å². The lowest BCUT2D eigenvalue weighted by atomic mass is 10.1. The molecule has 0 radical (unpaired) electrons. The summed E-state index contributed by atoms with van der Waals surface area (Å²) < 4.78 is 13.4. The summed E-state index contributed by atoms with van der Waals surface area (Å²) in [6.07, 6.45) is 0. The van der Waals surface area contributed by atoms with Gasteiger partial charge in [-0.3, -0.25) is 4.79 Å². The first-order chi connectivity index (χ1) is 7.00. The third-order valence-corrected chi connectivity index (χ3v) is 2.24. The van der Waals surface area contributed by atoms with Crippen molar-refractivity contribution in [3.63, 3.8) is 0 Å². The van der Waals surface area contributed by atoms with Crippen molar-refractivity contribution in [2.24, 2.45) is 0 Å². The summed E-state index contributed by atoms with van der Waals surface area (Å²) in [7, 11) is 0. The number of nitrogens with one attached hydrogen (secondary N) is 1. The lowest BCUT2D eigenvalue weighted by Crippen LogP contribution is -2.29. The molecule has 82 valence electrons. The van der Waals surface area contributed by atoms with Crippen LogP contribution in [0.5, 0.6) is 0 Å². The summed E-state index contributed by atoms with van der Waals surface area (Å²) >= 11 is 3.30. The minimum absolute atomic E-state index is 0.0914. The Morgan fingerprint density at radius 3 is 2.80 bits per heavy atom. The number of benzene rings is 1. The van der Waals surface area contributed by atoms with Gasteiger partial charge in [-0.1, -0.05) is 28.9 Å². The highest BCUT2D eigenvalue weighted by molar-refractivity contribution is 9.09. The van der Waals surface area contributed by atoms with E-state index in [0.29, 0.717) is 6.54 Å². The Kier molecular flexibility index (Phi) is 4.27. The van der Waals surface area contributed by atoms with Crippen molar-refractivity contribution in [1.82, 2.24) is 5.32 Å². The van der Waals surface area contributed by atoms with Gasteiger partial charge in [0.1, 0.15) is 5.82 Å². The summed E-state index contributed by atoms with van der Waals surface area (Å²) in [5.41, 5.74) is 0.895. The summed E-state index contributed by atoms with van der Waals surface area (Å²) in [4.78, 5) is 11.7.